The molecule has 2 atom stereocenters. The predicted molar refractivity (Wildman–Crippen MR) is 114 cm³/mol. The SMILES string of the molecule is Cn1cc2cc(N3C(C(N)=O)=CO[C@H]3N3CCC(O)C3)c(N3CCCCC3)cc2n1. The summed E-state index contributed by atoms with van der Waals surface area (Å²) in [4.78, 5) is 18.6. The third-order valence-electron chi connectivity index (χ3n) is 6.21. The van der Waals surface area contributed by atoms with E-state index in [9.17, 15) is 9.90 Å². The molecule has 5 rings (SSSR count). The second-order valence-corrected chi connectivity index (χ2v) is 8.39. The number of aryl methyl sites for hydroxylation is 1. The van der Waals surface area contributed by atoms with Gasteiger partial charge in [0.25, 0.3) is 5.91 Å². The van der Waals surface area contributed by atoms with Gasteiger partial charge in [-0.05, 0) is 37.8 Å². The summed E-state index contributed by atoms with van der Waals surface area (Å²) in [6, 6.07) is 4.17. The Hall–Kier alpha value is -2.78. The Morgan fingerprint density at radius 3 is 2.70 bits per heavy atom. The second kappa shape index (κ2) is 7.48. The van der Waals surface area contributed by atoms with Crippen LogP contribution in [0.4, 0.5) is 11.4 Å². The normalized spacial score (nSPS) is 25.1. The van der Waals surface area contributed by atoms with Crippen LogP contribution in [0.15, 0.2) is 30.3 Å². The summed E-state index contributed by atoms with van der Waals surface area (Å²) in [6.07, 6.45) is 6.69. The van der Waals surface area contributed by atoms with Crippen molar-refractivity contribution in [2.75, 3.05) is 36.0 Å². The molecule has 0 aliphatic carbocycles. The number of fused-ring (bicyclic) bond motifs is 1. The molecule has 0 spiro atoms. The van der Waals surface area contributed by atoms with Gasteiger partial charge in [-0.15, -0.1) is 0 Å². The van der Waals surface area contributed by atoms with E-state index >= 15 is 0 Å². The highest BCUT2D eigenvalue weighted by molar-refractivity contribution is 5.99. The van der Waals surface area contributed by atoms with Crippen LogP contribution in [0, 0.1) is 0 Å². The van der Waals surface area contributed by atoms with Crippen LogP contribution >= 0.6 is 0 Å². The number of anilines is 2. The lowest BCUT2D eigenvalue weighted by Crippen LogP contribution is -2.47. The van der Waals surface area contributed by atoms with Gasteiger partial charge in [0.2, 0.25) is 6.35 Å². The zero-order chi connectivity index (χ0) is 20.8. The van der Waals surface area contributed by atoms with Crippen LogP contribution in [-0.4, -0.2) is 64.3 Å². The number of hydrogen-bond acceptors (Lipinski definition) is 7. The molecule has 2 aromatic rings. The topological polar surface area (TPSA) is 100 Å². The average Bonchev–Trinajstić information content (AvgIpc) is 3.44. The Morgan fingerprint density at radius 1 is 1.20 bits per heavy atom. The molecule has 0 saturated carbocycles. The fraction of sp³-hybridized carbons (Fsp3) is 0.524. The van der Waals surface area contributed by atoms with Crippen LogP contribution in [0.25, 0.3) is 10.9 Å². The van der Waals surface area contributed by atoms with Gasteiger partial charge < -0.3 is 20.5 Å². The summed E-state index contributed by atoms with van der Waals surface area (Å²) in [5, 5.41) is 15.6. The summed E-state index contributed by atoms with van der Waals surface area (Å²) in [7, 11) is 1.91. The molecule has 1 aromatic heterocycles. The molecule has 3 N–H and O–H groups in total. The van der Waals surface area contributed by atoms with Crippen LogP contribution in [0.1, 0.15) is 25.7 Å². The number of piperidine rings is 1. The van der Waals surface area contributed by atoms with Gasteiger partial charge >= 0.3 is 0 Å². The smallest absolute Gasteiger partial charge is 0.268 e. The number of carbonyl (C=O) groups excluding carboxylic acids is 1. The van der Waals surface area contributed by atoms with E-state index in [1.54, 1.807) is 4.68 Å². The number of ether oxygens (including phenoxy) is 1. The van der Waals surface area contributed by atoms with Gasteiger partial charge in [-0.25, -0.2) is 4.90 Å². The van der Waals surface area contributed by atoms with Crippen molar-refractivity contribution in [3.8, 4) is 0 Å². The average molecular weight is 412 g/mol. The van der Waals surface area contributed by atoms with E-state index in [2.05, 4.69) is 22.1 Å². The lowest BCUT2D eigenvalue weighted by molar-refractivity contribution is -0.114. The van der Waals surface area contributed by atoms with Crippen molar-refractivity contribution in [2.45, 2.75) is 38.1 Å². The van der Waals surface area contributed by atoms with Crippen molar-refractivity contribution in [1.82, 2.24) is 14.7 Å². The molecular formula is C21H28N6O3. The van der Waals surface area contributed by atoms with Crippen LogP contribution in [0.3, 0.4) is 0 Å². The Morgan fingerprint density at radius 2 is 2.00 bits per heavy atom. The quantitative estimate of drug-likeness (QED) is 0.775. The highest BCUT2D eigenvalue weighted by atomic mass is 16.5. The highest BCUT2D eigenvalue weighted by Gasteiger charge is 2.40. The van der Waals surface area contributed by atoms with Crippen molar-refractivity contribution < 1.29 is 14.6 Å². The zero-order valence-corrected chi connectivity index (χ0v) is 17.2. The monoisotopic (exact) mass is 412 g/mol. The number of β-amino-alcohol motifs (C(OH)–C–C–N with tert-alkyl or cyclic N) is 1. The van der Waals surface area contributed by atoms with Crippen LogP contribution in [0.2, 0.25) is 0 Å². The molecule has 1 amide bonds. The van der Waals surface area contributed by atoms with Gasteiger partial charge in [0.1, 0.15) is 12.0 Å². The number of likely N-dealkylation sites (tertiary alicyclic amines) is 1. The number of hydrogen-bond donors (Lipinski definition) is 2. The number of primary amides is 1. The molecular weight excluding hydrogens is 384 g/mol. The van der Waals surface area contributed by atoms with Crippen molar-refractivity contribution >= 4 is 28.2 Å². The molecule has 0 bridgehead atoms. The van der Waals surface area contributed by atoms with E-state index in [1.807, 2.05) is 23.0 Å². The lowest BCUT2D eigenvalue weighted by atomic mass is 10.1. The number of aromatic nitrogens is 2. The van der Waals surface area contributed by atoms with E-state index in [1.165, 1.54) is 12.7 Å². The number of aliphatic hydroxyl groups is 1. The number of amides is 1. The molecule has 3 aliphatic heterocycles. The van der Waals surface area contributed by atoms with Gasteiger partial charge in [-0.2, -0.15) is 5.10 Å². The first-order valence-electron chi connectivity index (χ1n) is 10.6. The summed E-state index contributed by atoms with van der Waals surface area (Å²) >= 11 is 0. The third-order valence-corrected chi connectivity index (χ3v) is 6.21. The van der Waals surface area contributed by atoms with Gasteiger partial charge in [0.05, 0.1) is 23.0 Å². The molecule has 9 heteroatoms. The summed E-state index contributed by atoms with van der Waals surface area (Å²) in [5.74, 6) is -0.534. The molecule has 4 heterocycles. The number of benzene rings is 1. The Labute approximate surface area is 175 Å². The number of rotatable bonds is 4. The molecule has 1 aromatic carbocycles. The fourth-order valence-electron chi connectivity index (χ4n) is 4.76. The number of aliphatic hydroxyl groups excluding tert-OH is 1. The van der Waals surface area contributed by atoms with Crippen molar-refractivity contribution in [1.29, 1.82) is 0 Å². The first-order chi connectivity index (χ1) is 14.5. The van der Waals surface area contributed by atoms with Crippen molar-refractivity contribution in [3.63, 3.8) is 0 Å². The van der Waals surface area contributed by atoms with Gasteiger partial charge in [0.15, 0.2) is 0 Å². The fourth-order valence-corrected chi connectivity index (χ4v) is 4.76. The minimum absolute atomic E-state index is 0.322. The molecule has 2 saturated heterocycles. The molecule has 9 nitrogen and oxygen atoms in total. The van der Waals surface area contributed by atoms with Crippen LogP contribution < -0.4 is 15.5 Å². The van der Waals surface area contributed by atoms with E-state index < -0.39 is 18.4 Å². The first-order valence-corrected chi connectivity index (χ1v) is 10.6. The molecule has 30 heavy (non-hydrogen) atoms. The minimum atomic E-state index is -0.534. The Bertz CT molecular complexity index is 996. The molecule has 2 fully saturated rings. The van der Waals surface area contributed by atoms with E-state index in [4.69, 9.17) is 10.5 Å². The summed E-state index contributed by atoms with van der Waals surface area (Å²) in [5.41, 5.74) is 8.88. The number of nitrogens with two attached hydrogens (primary N) is 1. The molecule has 3 aliphatic rings. The molecule has 160 valence electrons. The van der Waals surface area contributed by atoms with E-state index in [0.29, 0.717) is 25.2 Å². The summed E-state index contributed by atoms with van der Waals surface area (Å²) in [6.45, 7) is 3.11. The molecule has 1 unspecified atom stereocenters. The second-order valence-electron chi connectivity index (χ2n) is 8.39. The standard InChI is InChI=1S/C21H28N6O3/c1-24-11-14-9-18(17(10-16(14)23-24)25-6-3-2-4-7-25)27-19(20(22)29)13-30-21(27)26-8-5-15(28)12-26/h9-11,13,15,21,28H,2-8,12H2,1H3,(H2,22,29)/t15?,21-/m0/s1. The largest absolute Gasteiger partial charge is 0.462 e. The minimum Gasteiger partial charge on any atom is -0.462 e. The third kappa shape index (κ3) is 3.27. The first kappa shape index (κ1) is 19.2. The van der Waals surface area contributed by atoms with Crippen molar-refractivity contribution in [2.24, 2.45) is 12.8 Å². The number of nitrogens with zero attached hydrogens (tertiary/aromatic N) is 5. The summed E-state index contributed by atoms with van der Waals surface area (Å²) < 4.78 is 7.72. The predicted octanol–water partition coefficient (Wildman–Crippen LogP) is 1.08. The van der Waals surface area contributed by atoms with Gasteiger partial charge in [-0.3, -0.25) is 14.4 Å². The van der Waals surface area contributed by atoms with Crippen molar-refractivity contribution in [3.05, 3.63) is 30.3 Å². The maximum atomic E-state index is 12.3. The van der Waals surface area contributed by atoms with Gasteiger partial charge in [-0.1, -0.05) is 0 Å². The van der Waals surface area contributed by atoms with Crippen LogP contribution in [-0.2, 0) is 16.6 Å². The lowest BCUT2D eigenvalue weighted by Gasteiger charge is -2.37. The number of carbonyl (C=O) groups is 1. The Balaban J connectivity index is 1.63. The molecule has 0 radical (unpaired) electrons. The van der Waals surface area contributed by atoms with E-state index in [-0.39, 0.29) is 0 Å². The van der Waals surface area contributed by atoms with E-state index in [0.717, 1.165) is 48.2 Å². The zero-order valence-electron chi connectivity index (χ0n) is 17.2. The maximum absolute atomic E-state index is 12.3. The van der Waals surface area contributed by atoms with Crippen LogP contribution in [0.5, 0.6) is 0 Å². The highest BCUT2D eigenvalue weighted by Crippen LogP contribution is 2.41. The maximum Gasteiger partial charge on any atom is 0.268 e. The Kier molecular flexibility index (Phi) is 4.79. The van der Waals surface area contributed by atoms with Gasteiger partial charge in [0, 0.05) is 44.8 Å².